The Morgan fingerprint density at radius 2 is 1.90 bits per heavy atom. The third-order valence-electron chi connectivity index (χ3n) is 3.11. The molecule has 0 saturated carbocycles. The second-order valence-corrected chi connectivity index (χ2v) is 5.13. The highest BCUT2D eigenvalue weighted by Crippen LogP contribution is 2.25. The Balaban J connectivity index is 2.46. The van der Waals surface area contributed by atoms with Crippen molar-refractivity contribution in [2.45, 2.75) is 20.8 Å². The number of benzene rings is 2. The predicted molar refractivity (Wildman–Crippen MR) is 82.0 cm³/mol. The molecule has 0 unspecified atom stereocenters. The quantitative estimate of drug-likeness (QED) is 0.769. The van der Waals surface area contributed by atoms with E-state index in [1.807, 2.05) is 45.0 Å². The first-order chi connectivity index (χ1) is 9.52. The zero-order chi connectivity index (χ0) is 14.7. The third kappa shape index (κ3) is 3.02. The molecule has 2 rings (SSSR count). The zero-order valence-corrected chi connectivity index (χ0v) is 12.6. The van der Waals surface area contributed by atoms with E-state index in [1.165, 1.54) is 0 Å². The predicted octanol–water partition coefficient (Wildman–Crippen LogP) is 4.59. The van der Waals surface area contributed by atoms with Crippen molar-refractivity contribution in [3.63, 3.8) is 0 Å². The van der Waals surface area contributed by atoms with Crippen LogP contribution in [0.2, 0.25) is 5.02 Å². The Bertz CT molecular complexity index is 647. The van der Waals surface area contributed by atoms with Gasteiger partial charge in [-0.2, -0.15) is 0 Å². The minimum absolute atomic E-state index is 0.0703. The first-order valence-corrected chi connectivity index (χ1v) is 6.95. The molecule has 20 heavy (non-hydrogen) atoms. The Morgan fingerprint density at radius 3 is 2.55 bits per heavy atom. The highest BCUT2D eigenvalue weighted by Gasteiger charge is 2.15. The van der Waals surface area contributed by atoms with E-state index in [4.69, 9.17) is 16.3 Å². The minimum atomic E-state index is -0.0703. The van der Waals surface area contributed by atoms with E-state index in [9.17, 15) is 4.79 Å². The molecule has 0 fully saturated rings. The number of ketones is 1. The SMILES string of the molecule is CCOc1ccc(C)cc1C(=O)c1ccc(C)c(Cl)c1. The topological polar surface area (TPSA) is 26.3 Å². The number of carbonyl (C=O) groups is 1. The number of aryl methyl sites for hydroxylation is 2. The summed E-state index contributed by atoms with van der Waals surface area (Å²) in [4.78, 5) is 12.6. The lowest BCUT2D eigenvalue weighted by atomic mass is 10.00. The van der Waals surface area contributed by atoms with Gasteiger partial charge in [0.1, 0.15) is 5.75 Å². The van der Waals surface area contributed by atoms with Crippen molar-refractivity contribution in [2.24, 2.45) is 0 Å². The molecule has 0 aliphatic carbocycles. The minimum Gasteiger partial charge on any atom is -0.493 e. The lowest BCUT2D eigenvalue weighted by Crippen LogP contribution is -2.06. The van der Waals surface area contributed by atoms with Gasteiger partial charge in [-0.25, -0.2) is 0 Å². The van der Waals surface area contributed by atoms with Gasteiger partial charge in [-0.15, -0.1) is 0 Å². The largest absolute Gasteiger partial charge is 0.493 e. The fourth-order valence-electron chi connectivity index (χ4n) is 1.99. The van der Waals surface area contributed by atoms with Crippen molar-refractivity contribution in [2.75, 3.05) is 6.61 Å². The summed E-state index contributed by atoms with van der Waals surface area (Å²) in [7, 11) is 0. The summed E-state index contributed by atoms with van der Waals surface area (Å²) in [5.41, 5.74) is 3.13. The molecule has 0 atom stereocenters. The van der Waals surface area contributed by atoms with Crippen molar-refractivity contribution in [1.82, 2.24) is 0 Å². The monoisotopic (exact) mass is 288 g/mol. The fraction of sp³-hybridized carbons (Fsp3) is 0.235. The van der Waals surface area contributed by atoms with Gasteiger partial charge in [0.05, 0.1) is 12.2 Å². The van der Waals surface area contributed by atoms with E-state index >= 15 is 0 Å². The molecule has 0 heterocycles. The van der Waals surface area contributed by atoms with Crippen LogP contribution in [0.5, 0.6) is 5.75 Å². The van der Waals surface area contributed by atoms with Crippen molar-refractivity contribution < 1.29 is 9.53 Å². The molecule has 2 aromatic carbocycles. The Kier molecular flexibility index (Phi) is 4.46. The van der Waals surface area contributed by atoms with E-state index in [2.05, 4.69) is 0 Å². The van der Waals surface area contributed by atoms with Crippen LogP contribution in [0.4, 0.5) is 0 Å². The maximum absolute atomic E-state index is 12.6. The molecule has 3 heteroatoms. The maximum Gasteiger partial charge on any atom is 0.196 e. The van der Waals surface area contributed by atoms with E-state index in [0.29, 0.717) is 28.5 Å². The smallest absolute Gasteiger partial charge is 0.196 e. The molecule has 0 spiro atoms. The number of halogens is 1. The average Bonchev–Trinajstić information content (AvgIpc) is 2.43. The number of ether oxygens (including phenoxy) is 1. The summed E-state index contributed by atoms with van der Waals surface area (Å²) in [6.07, 6.45) is 0. The van der Waals surface area contributed by atoms with E-state index in [-0.39, 0.29) is 5.78 Å². The molecule has 0 aromatic heterocycles. The Labute approximate surface area is 124 Å². The van der Waals surface area contributed by atoms with Crippen LogP contribution in [0.15, 0.2) is 36.4 Å². The summed E-state index contributed by atoms with van der Waals surface area (Å²) >= 11 is 6.09. The fourth-order valence-corrected chi connectivity index (χ4v) is 2.17. The van der Waals surface area contributed by atoms with Crippen molar-refractivity contribution >= 4 is 17.4 Å². The first kappa shape index (κ1) is 14.6. The Hall–Kier alpha value is -1.80. The molecule has 2 nitrogen and oxygen atoms in total. The van der Waals surface area contributed by atoms with E-state index < -0.39 is 0 Å². The highest BCUT2D eigenvalue weighted by atomic mass is 35.5. The number of hydrogen-bond acceptors (Lipinski definition) is 2. The molecule has 0 radical (unpaired) electrons. The third-order valence-corrected chi connectivity index (χ3v) is 3.52. The van der Waals surface area contributed by atoms with Gasteiger partial charge in [-0.3, -0.25) is 4.79 Å². The lowest BCUT2D eigenvalue weighted by Gasteiger charge is -2.11. The Morgan fingerprint density at radius 1 is 1.15 bits per heavy atom. The normalized spacial score (nSPS) is 10.4. The molecular formula is C17H17ClO2. The van der Waals surface area contributed by atoms with Crippen LogP contribution in [0.25, 0.3) is 0 Å². The first-order valence-electron chi connectivity index (χ1n) is 6.57. The van der Waals surface area contributed by atoms with Crippen molar-refractivity contribution in [1.29, 1.82) is 0 Å². The van der Waals surface area contributed by atoms with E-state index in [0.717, 1.165) is 11.1 Å². The van der Waals surface area contributed by atoms with Gasteiger partial charge in [0.15, 0.2) is 5.78 Å². The van der Waals surface area contributed by atoms with Crippen LogP contribution in [-0.4, -0.2) is 12.4 Å². The average molecular weight is 289 g/mol. The lowest BCUT2D eigenvalue weighted by molar-refractivity contribution is 0.103. The van der Waals surface area contributed by atoms with Gasteiger partial charge in [-0.1, -0.05) is 35.4 Å². The maximum atomic E-state index is 12.6. The zero-order valence-electron chi connectivity index (χ0n) is 11.9. The van der Waals surface area contributed by atoms with Crippen LogP contribution in [-0.2, 0) is 0 Å². The van der Waals surface area contributed by atoms with Crippen molar-refractivity contribution in [3.8, 4) is 5.75 Å². The molecule has 0 aliphatic heterocycles. The van der Waals surface area contributed by atoms with Gasteiger partial charge in [0.2, 0.25) is 0 Å². The summed E-state index contributed by atoms with van der Waals surface area (Å²) in [5.74, 6) is 0.541. The van der Waals surface area contributed by atoms with Crippen LogP contribution in [0, 0.1) is 13.8 Å². The van der Waals surface area contributed by atoms with Gasteiger partial charge in [0.25, 0.3) is 0 Å². The molecule has 0 N–H and O–H groups in total. The van der Waals surface area contributed by atoms with Crippen molar-refractivity contribution in [3.05, 3.63) is 63.7 Å². The van der Waals surface area contributed by atoms with Crippen LogP contribution in [0.1, 0.15) is 34.0 Å². The molecule has 2 aromatic rings. The standard InChI is InChI=1S/C17H17ClO2/c1-4-20-16-8-5-11(2)9-14(16)17(19)13-7-6-12(3)15(18)10-13/h5-10H,4H2,1-3H3. The molecule has 0 saturated heterocycles. The molecule has 0 amide bonds. The van der Waals surface area contributed by atoms with Gasteiger partial charge >= 0.3 is 0 Å². The summed E-state index contributed by atoms with van der Waals surface area (Å²) in [6.45, 7) is 6.29. The summed E-state index contributed by atoms with van der Waals surface area (Å²) < 4.78 is 5.53. The highest BCUT2D eigenvalue weighted by molar-refractivity contribution is 6.32. The van der Waals surface area contributed by atoms with Gasteiger partial charge in [0, 0.05) is 10.6 Å². The van der Waals surface area contributed by atoms with Gasteiger partial charge in [-0.05, 0) is 44.5 Å². The van der Waals surface area contributed by atoms with Crippen LogP contribution >= 0.6 is 11.6 Å². The molecule has 0 bridgehead atoms. The number of carbonyl (C=O) groups excluding carboxylic acids is 1. The second kappa shape index (κ2) is 6.10. The second-order valence-electron chi connectivity index (χ2n) is 4.73. The molecule has 104 valence electrons. The molecular weight excluding hydrogens is 272 g/mol. The van der Waals surface area contributed by atoms with Crippen LogP contribution < -0.4 is 4.74 Å². The van der Waals surface area contributed by atoms with E-state index in [1.54, 1.807) is 12.1 Å². The van der Waals surface area contributed by atoms with Crippen LogP contribution in [0.3, 0.4) is 0 Å². The summed E-state index contributed by atoms with van der Waals surface area (Å²) in [6, 6.07) is 11.0. The van der Waals surface area contributed by atoms with Gasteiger partial charge < -0.3 is 4.74 Å². The molecule has 0 aliphatic rings. The summed E-state index contributed by atoms with van der Waals surface area (Å²) in [5, 5.41) is 0.599. The number of rotatable bonds is 4. The number of hydrogen-bond donors (Lipinski definition) is 0.